The number of amides is 1. The van der Waals surface area contributed by atoms with Crippen molar-refractivity contribution in [3.63, 3.8) is 0 Å². The highest BCUT2D eigenvalue weighted by atomic mass is 32.2. The van der Waals surface area contributed by atoms with Crippen LogP contribution in [0, 0.1) is 0 Å². The number of carbonyl (C=O) groups is 1. The molecular weight excluding hydrogens is 417 g/mol. The Bertz CT molecular complexity index is 1100. The first-order valence-electron chi connectivity index (χ1n) is 8.24. The molecule has 0 aliphatic carbocycles. The molecule has 8 nitrogen and oxygen atoms in total. The van der Waals surface area contributed by atoms with E-state index in [9.17, 15) is 26.6 Å². The van der Waals surface area contributed by atoms with Crippen molar-refractivity contribution >= 4 is 40.0 Å². The molecule has 0 aromatic heterocycles. The second-order valence-corrected chi connectivity index (χ2v) is 9.84. The number of anilines is 1. The molecular formula is C16H17F2N2O6PS. The topological polar surface area (TPSA) is 133 Å². The number of alkyl halides is 2. The van der Waals surface area contributed by atoms with Crippen molar-refractivity contribution < 1.29 is 36.3 Å². The number of nitrogens with one attached hydrogen (secondary N) is 2. The third-order valence-electron chi connectivity index (χ3n) is 4.41. The first kappa shape index (κ1) is 20.8. The van der Waals surface area contributed by atoms with Gasteiger partial charge in [0.2, 0.25) is 10.0 Å². The lowest BCUT2D eigenvalue weighted by Gasteiger charge is -2.17. The molecule has 2 aromatic carbocycles. The molecule has 3 rings (SSSR count). The van der Waals surface area contributed by atoms with E-state index in [1.165, 1.54) is 12.1 Å². The zero-order valence-corrected chi connectivity index (χ0v) is 16.1. The summed E-state index contributed by atoms with van der Waals surface area (Å²) in [5.74, 6) is -0.325. The van der Waals surface area contributed by atoms with Gasteiger partial charge in [-0.3, -0.25) is 9.36 Å². The van der Waals surface area contributed by atoms with E-state index < -0.39 is 29.7 Å². The highest BCUT2D eigenvalue weighted by molar-refractivity contribution is 7.89. The molecule has 2 aromatic rings. The molecule has 0 unspecified atom stereocenters. The smallest absolute Gasteiger partial charge is 0.321 e. The van der Waals surface area contributed by atoms with Crippen LogP contribution in [0.25, 0.3) is 10.8 Å². The Labute approximate surface area is 159 Å². The van der Waals surface area contributed by atoms with E-state index in [-0.39, 0.29) is 30.2 Å². The van der Waals surface area contributed by atoms with Gasteiger partial charge in [-0.05, 0) is 31.0 Å². The van der Waals surface area contributed by atoms with Crippen LogP contribution in [-0.2, 0) is 14.6 Å². The summed E-state index contributed by atoms with van der Waals surface area (Å²) in [6.07, 6.45) is -1.35. The molecule has 0 bridgehead atoms. The van der Waals surface area contributed by atoms with E-state index in [4.69, 9.17) is 9.79 Å². The zero-order chi connectivity index (χ0) is 20.7. The van der Waals surface area contributed by atoms with Crippen molar-refractivity contribution in [2.75, 3.05) is 11.9 Å². The molecule has 152 valence electrons. The monoisotopic (exact) mass is 434 g/mol. The Balaban J connectivity index is 1.71. The van der Waals surface area contributed by atoms with E-state index in [1.807, 2.05) is 0 Å². The fourth-order valence-electron chi connectivity index (χ4n) is 2.99. The summed E-state index contributed by atoms with van der Waals surface area (Å²) in [5, 5.41) is 3.50. The van der Waals surface area contributed by atoms with Gasteiger partial charge in [-0.15, -0.1) is 0 Å². The molecule has 0 saturated carbocycles. The number of sulfonamides is 1. The normalized spacial score (nSPS) is 14.5. The summed E-state index contributed by atoms with van der Waals surface area (Å²) >= 11 is 0. The van der Waals surface area contributed by atoms with Crippen molar-refractivity contribution in [2.24, 2.45) is 0 Å². The van der Waals surface area contributed by atoms with Gasteiger partial charge in [0.25, 0.3) is 5.91 Å². The molecule has 12 heteroatoms. The largest absolute Gasteiger partial charge is 0.394 e. The Morgan fingerprint density at radius 1 is 1.14 bits per heavy atom. The summed E-state index contributed by atoms with van der Waals surface area (Å²) in [6.45, 7) is -0.181. The van der Waals surface area contributed by atoms with E-state index in [0.717, 1.165) is 0 Å². The lowest BCUT2D eigenvalue weighted by atomic mass is 10.1. The van der Waals surface area contributed by atoms with Gasteiger partial charge in [-0.25, -0.2) is 13.1 Å². The van der Waals surface area contributed by atoms with E-state index >= 15 is 0 Å². The van der Waals surface area contributed by atoms with Crippen molar-refractivity contribution in [3.8, 4) is 0 Å². The number of unbranched alkanes of at least 4 members (excludes halogenated alkanes) is 1. The molecule has 0 atom stereocenters. The minimum Gasteiger partial charge on any atom is -0.321 e. The molecule has 4 N–H and O–H groups in total. The zero-order valence-electron chi connectivity index (χ0n) is 14.4. The fraction of sp³-hybridized carbons (Fsp3) is 0.312. The first-order chi connectivity index (χ1) is 12.9. The minimum absolute atomic E-state index is 0.0316. The van der Waals surface area contributed by atoms with E-state index in [2.05, 4.69) is 10.0 Å². The standard InChI is InChI=1S/C16H17F2N2O6PS/c17-16(18,27(22,23)24)8-1-2-9-19-28(25,26)13-7-6-12-14-10(13)4-3-5-11(14)15(21)20-12/h3-7,19H,1-2,8-9H2,(H,20,21)(H2,22,23,24). The molecule has 1 aliphatic rings. The summed E-state index contributed by atoms with van der Waals surface area (Å²) in [4.78, 5) is 29.0. The number of carbonyl (C=O) groups excluding carboxylic acids is 1. The van der Waals surface area contributed by atoms with Crippen LogP contribution in [0.15, 0.2) is 35.2 Å². The fourth-order valence-corrected chi connectivity index (χ4v) is 4.71. The van der Waals surface area contributed by atoms with Crippen molar-refractivity contribution in [2.45, 2.75) is 29.8 Å². The average molecular weight is 434 g/mol. The van der Waals surface area contributed by atoms with Crippen LogP contribution in [0.1, 0.15) is 29.6 Å². The third kappa shape index (κ3) is 3.81. The van der Waals surface area contributed by atoms with Crippen molar-refractivity contribution in [1.29, 1.82) is 0 Å². The Kier molecular flexibility index (Phi) is 5.32. The van der Waals surface area contributed by atoms with Gasteiger partial charge in [-0.1, -0.05) is 12.1 Å². The quantitative estimate of drug-likeness (QED) is 0.373. The summed E-state index contributed by atoms with van der Waals surface area (Å²) in [7, 11) is -9.52. The maximum absolute atomic E-state index is 13.2. The van der Waals surface area contributed by atoms with Crippen molar-refractivity contribution in [3.05, 3.63) is 35.9 Å². The van der Waals surface area contributed by atoms with Crippen LogP contribution in [-0.4, -0.2) is 36.3 Å². The van der Waals surface area contributed by atoms with Crippen LogP contribution in [0.5, 0.6) is 0 Å². The third-order valence-corrected chi connectivity index (χ3v) is 7.00. The van der Waals surface area contributed by atoms with Gasteiger partial charge in [0.05, 0.1) is 4.90 Å². The molecule has 0 saturated heterocycles. The van der Waals surface area contributed by atoms with Crippen molar-refractivity contribution in [1.82, 2.24) is 4.72 Å². The van der Waals surface area contributed by atoms with Gasteiger partial charge in [-0.2, -0.15) is 8.78 Å². The summed E-state index contributed by atoms with van der Waals surface area (Å²) in [6, 6.07) is 7.54. The molecule has 1 heterocycles. The predicted molar refractivity (Wildman–Crippen MR) is 97.9 cm³/mol. The molecule has 1 aliphatic heterocycles. The number of rotatable bonds is 8. The average Bonchev–Trinajstić information content (AvgIpc) is 2.91. The van der Waals surface area contributed by atoms with E-state index in [1.54, 1.807) is 18.2 Å². The van der Waals surface area contributed by atoms with Crippen LogP contribution < -0.4 is 10.0 Å². The maximum Gasteiger partial charge on any atom is 0.394 e. The van der Waals surface area contributed by atoms with Gasteiger partial charge in [0.15, 0.2) is 0 Å². The number of halogens is 2. The Morgan fingerprint density at radius 2 is 1.86 bits per heavy atom. The first-order valence-corrected chi connectivity index (χ1v) is 11.3. The summed E-state index contributed by atoms with van der Waals surface area (Å²) in [5.41, 5.74) is -3.26. The van der Waals surface area contributed by atoms with Gasteiger partial charge >= 0.3 is 13.3 Å². The summed E-state index contributed by atoms with van der Waals surface area (Å²) < 4.78 is 64.6. The highest BCUT2D eigenvalue weighted by Crippen LogP contribution is 2.55. The highest BCUT2D eigenvalue weighted by Gasteiger charge is 2.47. The van der Waals surface area contributed by atoms with Crippen LogP contribution >= 0.6 is 7.60 Å². The Morgan fingerprint density at radius 3 is 2.54 bits per heavy atom. The molecule has 1 amide bonds. The van der Waals surface area contributed by atoms with Crippen LogP contribution in [0.2, 0.25) is 0 Å². The number of hydrogen-bond donors (Lipinski definition) is 4. The van der Waals surface area contributed by atoms with Crippen LogP contribution in [0.3, 0.4) is 0 Å². The number of hydrogen-bond acceptors (Lipinski definition) is 4. The second-order valence-electron chi connectivity index (χ2n) is 6.36. The Hall–Kier alpha value is -1.91. The molecule has 28 heavy (non-hydrogen) atoms. The molecule has 0 radical (unpaired) electrons. The van der Waals surface area contributed by atoms with E-state index in [0.29, 0.717) is 22.0 Å². The SMILES string of the molecule is O=C1Nc2ccc(S(=O)(=O)NCCCCC(F)(F)P(=O)(O)O)c3cccc1c23. The second kappa shape index (κ2) is 7.16. The van der Waals surface area contributed by atoms with Gasteiger partial charge in [0.1, 0.15) is 0 Å². The maximum atomic E-state index is 13.2. The lowest BCUT2D eigenvalue weighted by molar-refractivity contribution is 0.0479. The predicted octanol–water partition coefficient (Wildman–Crippen LogP) is 2.62. The van der Waals surface area contributed by atoms with Gasteiger partial charge in [0, 0.05) is 35.0 Å². The molecule has 0 spiro atoms. The van der Waals surface area contributed by atoms with Gasteiger partial charge < -0.3 is 15.1 Å². The lowest BCUT2D eigenvalue weighted by Crippen LogP contribution is -2.25. The minimum atomic E-state index is -5.54. The molecule has 0 fully saturated rings. The number of benzene rings is 2. The van der Waals surface area contributed by atoms with Crippen LogP contribution in [0.4, 0.5) is 14.5 Å².